The van der Waals surface area contributed by atoms with E-state index in [1.165, 1.54) is 12.4 Å². The number of hydrogen-bond acceptors (Lipinski definition) is 17. The van der Waals surface area contributed by atoms with Gasteiger partial charge in [0.2, 0.25) is 5.78 Å². The minimum atomic E-state index is -0.442. The van der Waals surface area contributed by atoms with Gasteiger partial charge in [0.05, 0.1) is 64.6 Å². The van der Waals surface area contributed by atoms with Crippen LogP contribution >= 0.6 is 0 Å². The topological polar surface area (TPSA) is 189 Å². The number of ether oxygens (including phenoxy) is 6. The normalized spacial score (nSPS) is 14.0. The quantitative estimate of drug-likeness (QED) is 0.123. The first-order valence-corrected chi connectivity index (χ1v) is 20.0. The van der Waals surface area contributed by atoms with Gasteiger partial charge in [0, 0.05) is 64.5 Å². The number of carbonyl (C=O) groups excluding carboxylic acids is 1. The molecule has 17 heteroatoms. The molecule has 17 nitrogen and oxygen atoms in total. The summed E-state index contributed by atoms with van der Waals surface area (Å²) in [6.07, 6.45) is 6.45. The van der Waals surface area contributed by atoms with Crippen molar-refractivity contribution in [1.29, 1.82) is 0 Å². The molecule has 2 aliphatic rings. The van der Waals surface area contributed by atoms with Crippen molar-refractivity contribution in [1.82, 2.24) is 19.9 Å². The lowest BCUT2D eigenvalue weighted by atomic mass is 10.1. The Morgan fingerprint density at radius 2 is 0.855 bits per heavy atom. The Labute approximate surface area is 359 Å². The zero-order valence-corrected chi connectivity index (χ0v) is 35.0. The average molecular weight is 841 g/mol. The number of nitrogen functional groups attached to an aromatic ring is 2. The summed E-state index contributed by atoms with van der Waals surface area (Å²) in [6, 6.07) is 22.1. The molecule has 2 aromatic carbocycles. The van der Waals surface area contributed by atoms with Crippen LogP contribution in [0.5, 0.6) is 46.0 Å². The number of ketones is 1. The fourth-order valence-electron chi connectivity index (χ4n) is 7.77. The zero-order valence-electron chi connectivity index (χ0n) is 35.0. The molecule has 0 saturated carbocycles. The maximum Gasteiger partial charge on any atom is 0.234 e. The summed E-state index contributed by atoms with van der Waals surface area (Å²) < 4.78 is 36.2. The highest BCUT2D eigenvalue weighted by atomic mass is 16.5. The number of pyridine rings is 4. The lowest BCUT2D eigenvalue weighted by Crippen LogP contribution is -2.47. The second-order valence-electron chi connectivity index (χ2n) is 14.4. The van der Waals surface area contributed by atoms with Crippen LogP contribution in [0.2, 0.25) is 0 Å². The van der Waals surface area contributed by atoms with E-state index in [1.54, 1.807) is 53.0 Å². The molecular formula is C45H48N10O7. The number of nitrogens with zero attached hydrogens (tertiary/aromatic N) is 8. The van der Waals surface area contributed by atoms with Crippen LogP contribution in [0.15, 0.2) is 97.6 Å². The third-order valence-corrected chi connectivity index (χ3v) is 10.8. The van der Waals surface area contributed by atoms with Crippen molar-refractivity contribution in [3.05, 3.63) is 109 Å². The van der Waals surface area contributed by atoms with Gasteiger partial charge < -0.3 is 59.5 Å². The second kappa shape index (κ2) is 18.3. The highest BCUT2D eigenvalue weighted by Crippen LogP contribution is 2.46. The summed E-state index contributed by atoms with van der Waals surface area (Å²) in [6.45, 7) is 4.18. The van der Waals surface area contributed by atoms with Gasteiger partial charge in [-0.05, 0) is 24.3 Å². The van der Waals surface area contributed by atoms with Crippen molar-refractivity contribution in [2.45, 2.75) is 0 Å². The molecule has 0 aliphatic carbocycles. The van der Waals surface area contributed by atoms with Crippen LogP contribution in [0.25, 0.3) is 0 Å². The Morgan fingerprint density at radius 1 is 0.484 bits per heavy atom. The molecule has 4 aromatic heterocycles. The molecule has 0 atom stereocenters. The van der Waals surface area contributed by atoms with Gasteiger partial charge in [-0.15, -0.1) is 0 Å². The smallest absolute Gasteiger partial charge is 0.234 e. The largest absolute Gasteiger partial charge is 0.494 e. The summed E-state index contributed by atoms with van der Waals surface area (Å²) in [5.41, 5.74) is 14.8. The van der Waals surface area contributed by atoms with E-state index < -0.39 is 5.78 Å². The monoisotopic (exact) mass is 840 g/mol. The highest BCUT2D eigenvalue weighted by Gasteiger charge is 2.35. The molecule has 62 heavy (non-hydrogen) atoms. The van der Waals surface area contributed by atoms with E-state index in [1.807, 2.05) is 60.7 Å². The van der Waals surface area contributed by atoms with E-state index in [2.05, 4.69) is 29.6 Å². The standard InChI is InChI=1S/C45H48N10O7/c1-57-33-23-37(46)48-25-31(33)52-15-19-54(20-16-52)41-39(50-27-35(44(41)59-3)61-29-11-7-5-8-12-29)43(56)40-42(45(60-4)36(28-51-40)62-30-13-9-6-10-14-30)55-21-17-53(18-22-55)32-26-49-38(47)24-34(32)58-2/h5-14,23-28H,15-22H2,1-4H3,(H2,46,48)(H2,47,49). The molecule has 0 spiro atoms. The van der Waals surface area contributed by atoms with Crippen LogP contribution in [0.1, 0.15) is 16.2 Å². The van der Waals surface area contributed by atoms with Crippen LogP contribution < -0.4 is 59.5 Å². The zero-order chi connectivity index (χ0) is 43.2. The first kappa shape index (κ1) is 41.1. The van der Waals surface area contributed by atoms with E-state index in [0.29, 0.717) is 121 Å². The number of rotatable bonds is 14. The van der Waals surface area contributed by atoms with E-state index in [9.17, 15) is 0 Å². The molecule has 2 fully saturated rings. The van der Waals surface area contributed by atoms with Crippen molar-refractivity contribution in [3.63, 3.8) is 0 Å². The number of carbonyl (C=O) groups is 1. The van der Waals surface area contributed by atoms with Gasteiger partial charge >= 0.3 is 0 Å². The fraction of sp³-hybridized carbons (Fsp3) is 0.267. The van der Waals surface area contributed by atoms with Crippen molar-refractivity contribution in [2.75, 3.05) is 112 Å². The lowest BCUT2D eigenvalue weighted by molar-refractivity contribution is 0.102. The number of methoxy groups -OCH3 is 4. The number of hydrogen-bond donors (Lipinski definition) is 2. The Kier molecular flexibility index (Phi) is 12.1. The van der Waals surface area contributed by atoms with E-state index >= 15 is 4.79 Å². The van der Waals surface area contributed by atoms with Crippen molar-refractivity contribution in [3.8, 4) is 46.0 Å². The average Bonchev–Trinajstić information content (AvgIpc) is 3.31. The number of aromatic nitrogens is 4. The Balaban J connectivity index is 1.20. The van der Waals surface area contributed by atoms with Gasteiger partial charge in [0.15, 0.2) is 23.0 Å². The number of nitrogens with two attached hydrogens (primary N) is 2. The van der Waals surface area contributed by atoms with Crippen molar-refractivity contribution in [2.24, 2.45) is 0 Å². The van der Waals surface area contributed by atoms with Gasteiger partial charge in [-0.25, -0.2) is 19.9 Å². The molecule has 6 aromatic rings. The third-order valence-electron chi connectivity index (χ3n) is 10.8. The van der Waals surface area contributed by atoms with E-state index in [0.717, 1.165) is 11.4 Å². The number of piperazine rings is 2. The van der Waals surface area contributed by atoms with Gasteiger partial charge in [-0.1, -0.05) is 36.4 Å². The molecule has 320 valence electrons. The van der Waals surface area contributed by atoms with Gasteiger partial charge in [-0.2, -0.15) is 0 Å². The van der Waals surface area contributed by atoms with E-state index in [-0.39, 0.29) is 11.4 Å². The van der Waals surface area contributed by atoms with Crippen LogP contribution in [-0.2, 0) is 0 Å². The Morgan fingerprint density at radius 3 is 1.21 bits per heavy atom. The first-order valence-electron chi connectivity index (χ1n) is 20.0. The SMILES string of the molecule is COc1cc(N)ncc1N1CCN(c2c(C(=O)c3ncc(Oc4ccccc4)c(OC)c3N3CCN(c4cnc(N)cc4OC)CC3)ncc(Oc3ccccc3)c2OC)CC1. The molecule has 2 aliphatic heterocycles. The summed E-state index contributed by atoms with van der Waals surface area (Å²) in [7, 11) is 6.32. The highest BCUT2D eigenvalue weighted by molar-refractivity contribution is 6.14. The summed E-state index contributed by atoms with van der Waals surface area (Å²) >= 11 is 0. The Bertz CT molecular complexity index is 2340. The van der Waals surface area contributed by atoms with Gasteiger partial charge in [-0.3, -0.25) is 4.79 Å². The molecule has 0 bridgehead atoms. The molecule has 0 unspecified atom stereocenters. The Hall–Kier alpha value is -7.69. The summed E-state index contributed by atoms with van der Waals surface area (Å²) in [4.78, 5) is 42.2. The molecule has 8 rings (SSSR count). The fourth-order valence-corrected chi connectivity index (χ4v) is 7.77. The third kappa shape index (κ3) is 8.37. The molecule has 2 saturated heterocycles. The number of benzene rings is 2. The summed E-state index contributed by atoms with van der Waals surface area (Å²) in [5.74, 6) is 4.09. The van der Waals surface area contributed by atoms with Crippen LogP contribution in [0, 0.1) is 0 Å². The number of anilines is 6. The number of para-hydroxylation sites is 2. The van der Waals surface area contributed by atoms with Gasteiger partial charge in [0.1, 0.15) is 57.4 Å². The van der Waals surface area contributed by atoms with Crippen LogP contribution in [0.4, 0.5) is 34.4 Å². The van der Waals surface area contributed by atoms with Crippen LogP contribution in [-0.4, -0.2) is 107 Å². The molecule has 6 heterocycles. The maximum atomic E-state index is 15.4. The predicted molar refractivity (Wildman–Crippen MR) is 237 cm³/mol. The predicted octanol–water partition coefficient (Wildman–Crippen LogP) is 5.93. The van der Waals surface area contributed by atoms with Crippen LogP contribution in [0.3, 0.4) is 0 Å². The van der Waals surface area contributed by atoms with E-state index in [4.69, 9.17) is 49.9 Å². The minimum absolute atomic E-state index is 0.131. The first-order chi connectivity index (χ1) is 30.3. The van der Waals surface area contributed by atoms with Gasteiger partial charge in [0.25, 0.3) is 0 Å². The van der Waals surface area contributed by atoms with Crippen molar-refractivity contribution >= 4 is 40.2 Å². The second-order valence-corrected chi connectivity index (χ2v) is 14.4. The maximum absolute atomic E-state index is 15.4. The molecule has 4 N–H and O–H groups in total. The molecule has 0 amide bonds. The molecular weight excluding hydrogens is 793 g/mol. The lowest BCUT2D eigenvalue weighted by Gasteiger charge is -2.39. The van der Waals surface area contributed by atoms with Crippen molar-refractivity contribution < 1.29 is 33.2 Å². The minimum Gasteiger partial charge on any atom is -0.494 e. The summed E-state index contributed by atoms with van der Waals surface area (Å²) in [5, 5.41) is 0. The molecule has 0 radical (unpaired) electrons.